The molecule has 2 heterocycles. The van der Waals surface area contributed by atoms with Crippen LogP contribution < -0.4 is 5.32 Å². The van der Waals surface area contributed by atoms with Crippen molar-refractivity contribution in [2.75, 3.05) is 5.32 Å². The van der Waals surface area contributed by atoms with Gasteiger partial charge in [-0.15, -0.1) is 0 Å². The molecule has 1 N–H and O–H groups in total. The van der Waals surface area contributed by atoms with Gasteiger partial charge in [0.25, 0.3) is 0 Å². The smallest absolute Gasteiger partial charge is 0.248 e. The van der Waals surface area contributed by atoms with Crippen molar-refractivity contribution < 1.29 is 9.18 Å². The first-order valence-electron chi connectivity index (χ1n) is 8.99. The minimum Gasteiger partial charge on any atom is -0.322 e. The van der Waals surface area contributed by atoms with Gasteiger partial charge in [0.2, 0.25) is 5.91 Å². The molecule has 0 aliphatic carbocycles. The first-order chi connectivity index (χ1) is 14.1. The number of imidazole rings is 1. The maximum absolute atomic E-state index is 14.4. The Morgan fingerprint density at radius 1 is 1.17 bits per heavy atom. The molecule has 0 atom stereocenters. The van der Waals surface area contributed by atoms with Crippen molar-refractivity contribution in [1.82, 2.24) is 19.3 Å². The summed E-state index contributed by atoms with van der Waals surface area (Å²) in [5, 5.41) is 6.94. The number of aromatic nitrogens is 4. The number of carbonyl (C=O) groups is 1. The highest BCUT2D eigenvalue weighted by atomic mass is 19.1. The number of carbonyl (C=O) groups excluding carboxylic acids is 1. The summed E-state index contributed by atoms with van der Waals surface area (Å²) in [5.74, 6) is -0.125. The number of hydrogen-bond donors (Lipinski definition) is 1. The maximum atomic E-state index is 14.4. The zero-order valence-corrected chi connectivity index (χ0v) is 15.7. The average molecular weight is 387 g/mol. The highest BCUT2D eigenvalue weighted by Crippen LogP contribution is 2.19. The summed E-state index contributed by atoms with van der Waals surface area (Å²) in [4.78, 5) is 16.3. The van der Waals surface area contributed by atoms with E-state index in [1.165, 1.54) is 12.1 Å². The lowest BCUT2D eigenvalue weighted by atomic mass is 10.2. The molecule has 0 bridgehead atoms. The number of rotatable bonds is 5. The standard InChI is InChI=1S/C22H18FN5O/c1-16-24-11-12-27(16)21-9-8-18(13-20(21)23)26-22(29)10-7-17-14-25-28(15-17)19-5-3-2-4-6-19/h2-15H,1H3,(H,26,29)/b10-7+. The first kappa shape index (κ1) is 18.4. The van der Waals surface area contributed by atoms with Crippen molar-refractivity contribution in [3.05, 3.63) is 96.6 Å². The van der Waals surface area contributed by atoms with Crippen LogP contribution in [0.25, 0.3) is 17.5 Å². The summed E-state index contributed by atoms with van der Waals surface area (Å²) in [7, 11) is 0. The van der Waals surface area contributed by atoms with E-state index in [4.69, 9.17) is 0 Å². The minimum atomic E-state index is -0.447. The Hall–Kier alpha value is -4.00. The van der Waals surface area contributed by atoms with Crippen molar-refractivity contribution >= 4 is 17.7 Å². The van der Waals surface area contributed by atoms with Gasteiger partial charge in [-0.1, -0.05) is 18.2 Å². The zero-order chi connectivity index (χ0) is 20.2. The van der Waals surface area contributed by atoms with Gasteiger partial charge in [0, 0.05) is 35.9 Å². The van der Waals surface area contributed by atoms with Gasteiger partial charge in [-0.3, -0.25) is 4.79 Å². The number of nitrogens with zero attached hydrogens (tertiary/aromatic N) is 4. The lowest BCUT2D eigenvalue weighted by Gasteiger charge is -2.09. The fourth-order valence-electron chi connectivity index (χ4n) is 2.91. The van der Waals surface area contributed by atoms with Gasteiger partial charge in [-0.2, -0.15) is 5.10 Å². The first-order valence-corrected chi connectivity index (χ1v) is 8.99. The van der Waals surface area contributed by atoms with Gasteiger partial charge in [0.15, 0.2) is 0 Å². The maximum Gasteiger partial charge on any atom is 0.248 e. The Kier molecular flexibility index (Phi) is 5.03. The predicted molar refractivity (Wildman–Crippen MR) is 109 cm³/mol. The SMILES string of the molecule is Cc1nccn1-c1ccc(NC(=O)/C=C/c2cnn(-c3ccccc3)c2)cc1F. The second-order valence-corrected chi connectivity index (χ2v) is 6.39. The van der Waals surface area contributed by atoms with Crippen LogP contribution in [0.3, 0.4) is 0 Å². The fourth-order valence-corrected chi connectivity index (χ4v) is 2.91. The molecule has 7 heteroatoms. The zero-order valence-electron chi connectivity index (χ0n) is 15.7. The van der Waals surface area contributed by atoms with Crippen LogP contribution in [0, 0.1) is 12.7 Å². The minimum absolute atomic E-state index is 0.358. The number of aryl methyl sites for hydroxylation is 1. The summed E-state index contributed by atoms with van der Waals surface area (Å²) in [6.07, 6.45) is 9.82. The van der Waals surface area contributed by atoms with E-state index in [0.717, 1.165) is 11.3 Å². The molecule has 0 saturated heterocycles. The average Bonchev–Trinajstić information content (AvgIpc) is 3.36. The van der Waals surface area contributed by atoms with E-state index in [1.807, 2.05) is 36.5 Å². The van der Waals surface area contributed by atoms with Gasteiger partial charge in [0.05, 0.1) is 17.6 Å². The van der Waals surface area contributed by atoms with Crippen molar-refractivity contribution in [3.8, 4) is 11.4 Å². The van der Waals surface area contributed by atoms with Crippen LogP contribution in [-0.2, 0) is 4.79 Å². The van der Waals surface area contributed by atoms with Gasteiger partial charge < -0.3 is 9.88 Å². The van der Waals surface area contributed by atoms with Crippen LogP contribution >= 0.6 is 0 Å². The van der Waals surface area contributed by atoms with Gasteiger partial charge in [-0.25, -0.2) is 14.1 Å². The van der Waals surface area contributed by atoms with Crippen LogP contribution in [0.15, 0.2) is 79.4 Å². The third kappa shape index (κ3) is 4.14. The Labute approximate surface area is 166 Å². The molecule has 0 unspecified atom stereocenters. The molecule has 0 fully saturated rings. The molecular formula is C22H18FN5O. The molecular weight excluding hydrogens is 369 g/mol. The highest BCUT2D eigenvalue weighted by molar-refractivity contribution is 6.01. The summed E-state index contributed by atoms with van der Waals surface area (Å²) < 4.78 is 17.8. The third-order valence-electron chi connectivity index (χ3n) is 4.35. The molecule has 0 spiro atoms. The Bertz CT molecular complexity index is 1180. The fraction of sp³-hybridized carbons (Fsp3) is 0.0455. The molecule has 0 radical (unpaired) electrons. The summed E-state index contributed by atoms with van der Waals surface area (Å²) in [5.41, 5.74) is 2.46. The van der Waals surface area contributed by atoms with E-state index >= 15 is 0 Å². The number of benzene rings is 2. The molecule has 1 amide bonds. The molecule has 0 aliphatic heterocycles. The number of amides is 1. The molecule has 4 rings (SSSR count). The van der Waals surface area contributed by atoms with Crippen molar-refractivity contribution in [2.45, 2.75) is 6.92 Å². The number of halogens is 1. The molecule has 0 saturated carbocycles. The van der Waals surface area contributed by atoms with Crippen LogP contribution in [0.2, 0.25) is 0 Å². The van der Waals surface area contributed by atoms with Crippen molar-refractivity contribution in [2.24, 2.45) is 0 Å². The molecule has 6 nitrogen and oxygen atoms in total. The van der Waals surface area contributed by atoms with Crippen LogP contribution in [-0.4, -0.2) is 25.2 Å². The van der Waals surface area contributed by atoms with E-state index in [1.54, 1.807) is 53.0 Å². The van der Waals surface area contributed by atoms with Gasteiger partial charge in [-0.05, 0) is 43.3 Å². The Morgan fingerprint density at radius 3 is 2.72 bits per heavy atom. The van der Waals surface area contributed by atoms with E-state index in [-0.39, 0.29) is 5.91 Å². The monoisotopic (exact) mass is 387 g/mol. The molecule has 2 aromatic heterocycles. The third-order valence-corrected chi connectivity index (χ3v) is 4.35. The van der Waals surface area contributed by atoms with E-state index in [2.05, 4.69) is 15.4 Å². The van der Waals surface area contributed by atoms with Crippen molar-refractivity contribution in [3.63, 3.8) is 0 Å². The summed E-state index contributed by atoms with van der Waals surface area (Å²) >= 11 is 0. The second-order valence-electron chi connectivity index (χ2n) is 6.39. The van der Waals surface area contributed by atoms with Crippen LogP contribution in [0.4, 0.5) is 10.1 Å². The summed E-state index contributed by atoms with van der Waals surface area (Å²) in [6, 6.07) is 14.2. The topological polar surface area (TPSA) is 64.7 Å². The second kappa shape index (κ2) is 7.93. The lowest BCUT2D eigenvalue weighted by molar-refractivity contribution is -0.111. The molecule has 0 aliphatic rings. The number of anilines is 1. The molecule has 29 heavy (non-hydrogen) atoms. The lowest BCUT2D eigenvalue weighted by Crippen LogP contribution is -2.08. The predicted octanol–water partition coefficient (Wildman–Crippen LogP) is 4.16. The van der Waals surface area contributed by atoms with Gasteiger partial charge in [0.1, 0.15) is 11.6 Å². The highest BCUT2D eigenvalue weighted by Gasteiger charge is 2.09. The van der Waals surface area contributed by atoms with E-state index < -0.39 is 5.82 Å². The Balaban J connectivity index is 1.43. The summed E-state index contributed by atoms with van der Waals surface area (Å²) in [6.45, 7) is 1.79. The van der Waals surface area contributed by atoms with Crippen molar-refractivity contribution in [1.29, 1.82) is 0 Å². The van der Waals surface area contributed by atoms with Gasteiger partial charge >= 0.3 is 0 Å². The molecule has 2 aromatic carbocycles. The van der Waals surface area contributed by atoms with Crippen LogP contribution in [0.5, 0.6) is 0 Å². The molecule has 4 aromatic rings. The quantitative estimate of drug-likeness (QED) is 0.523. The van der Waals surface area contributed by atoms with E-state index in [9.17, 15) is 9.18 Å². The molecule has 144 valence electrons. The number of nitrogens with one attached hydrogen (secondary N) is 1. The van der Waals surface area contributed by atoms with E-state index in [0.29, 0.717) is 17.2 Å². The largest absolute Gasteiger partial charge is 0.322 e. The van der Waals surface area contributed by atoms with Crippen LogP contribution in [0.1, 0.15) is 11.4 Å². The normalized spacial score (nSPS) is 11.1. The number of para-hydroxylation sites is 1. The number of hydrogen-bond acceptors (Lipinski definition) is 3. The Morgan fingerprint density at radius 2 is 2.00 bits per heavy atom.